The number of rotatable bonds is 5. The molecule has 0 aliphatic heterocycles. The van der Waals surface area contributed by atoms with Crippen molar-refractivity contribution >= 4 is 11.7 Å². The summed E-state index contributed by atoms with van der Waals surface area (Å²) in [4.78, 5) is 10.9. The number of hydrogen-bond acceptors (Lipinski definition) is 4. The predicted octanol–water partition coefficient (Wildman–Crippen LogP) is 3.23. The molecule has 2 rings (SSSR count). The second-order valence-electron chi connectivity index (χ2n) is 4.29. The summed E-state index contributed by atoms with van der Waals surface area (Å²) < 4.78 is 10.3. The number of benzene rings is 2. The number of carbonyl (C=O) groups excluding carboxylic acids is 1. The summed E-state index contributed by atoms with van der Waals surface area (Å²) in [7, 11) is 1.65. The van der Waals surface area contributed by atoms with E-state index in [0.29, 0.717) is 12.3 Å². The lowest BCUT2D eigenvalue weighted by Crippen LogP contribution is -2.03. The van der Waals surface area contributed by atoms with Gasteiger partial charge in [0, 0.05) is 30.8 Å². The second kappa shape index (κ2) is 6.61. The molecule has 104 valence electrons. The van der Waals surface area contributed by atoms with E-state index in [0.717, 1.165) is 17.0 Å². The van der Waals surface area contributed by atoms with E-state index in [1.54, 1.807) is 19.2 Å². The van der Waals surface area contributed by atoms with Crippen LogP contribution in [0.25, 0.3) is 0 Å². The van der Waals surface area contributed by atoms with Crippen molar-refractivity contribution in [1.29, 1.82) is 0 Å². The van der Waals surface area contributed by atoms with E-state index in [9.17, 15) is 4.79 Å². The number of carbonyl (C=O) groups is 1. The molecule has 2 aromatic carbocycles. The van der Waals surface area contributed by atoms with E-state index in [1.807, 2.05) is 36.4 Å². The van der Waals surface area contributed by atoms with Crippen molar-refractivity contribution in [2.75, 3.05) is 12.4 Å². The van der Waals surface area contributed by atoms with E-state index < -0.39 is 0 Å². The molecule has 0 fully saturated rings. The van der Waals surface area contributed by atoms with E-state index in [-0.39, 0.29) is 5.97 Å². The molecule has 0 aromatic heterocycles. The largest absolute Gasteiger partial charge is 0.496 e. The molecule has 0 radical (unpaired) electrons. The number of ether oxygens (including phenoxy) is 2. The normalized spacial score (nSPS) is 9.90. The molecule has 0 saturated heterocycles. The summed E-state index contributed by atoms with van der Waals surface area (Å²) in [6.45, 7) is 2.02. The number of nitrogens with one attached hydrogen (secondary N) is 1. The number of esters is 1. The Labute approximate surface area is 118 Å². The lowest BCUT2D eigenvalue weighted by molar-refractivity contribution is -0.131. The SMILES string of the molecule is COc1ccccc1CNc1cccc(OC(C)=O)c1. The molecule has 0 saturated carbocycles. The molecule has 2 aromatic rings. The Balaban J connectivity index is 2.05. The maximum Gasteiger partial charge on any atom is 0.308 e. The molecule has 0 heterocycles. The summed E-state index contributed by atoms with van der Waals surface area (Å²) >= 11 is 0. The van der Waals surface area contributed by atoms with Crippen LogP contribution in [0.4, 0.5) is 5.69 Å². The third kappa shape index (κ3) is 3.75. The minimum Gasteiger partial charge on any atom is -0.496 e. The van der Waals surface area contributed by atoms with Gasteiger partial charge >= 0.3 is 5.97 Å². The number of hydrogen-bond donors (Lipinski definition) is 1. The van der Waals surface area contributed by atoms with Crippen LogP contribution in [0.2, 0.25) is 0 Å². The smallest absolute Gasteiger partial charge is 0.308 e. The van der Waals surface area contributed by atoms with Gasteiger partial charge in [-0.2, -0.15) is 0 Å². The van der Waals surface area contributed by atoms with Crippen LogP contribution in [-0.2, 0) is 11.3 Å². The predicted molar refractivity (Wildman–Crippen MR) is 78.1 cm³/mol. The first-order valence-corrected chi connectivity index (χ1v) is 6.33. The molecule has 1 N–H and O–H groups in total. The van der Waals surface area contributed by atoms with Crippen LogP contribution < -0.4 is 14.8 Å². The van der Waals surface area contributed by atoms with Gasteiger partial charge < -0.3 is 14.8 Å². The van der Waals surface area contributed by atoms with Crippen molar-refractivity contribution in [1.82, 2.24) is 0 Å². The minimum atomic E-state index is -0.327. The van der Waals surface area contributed by atoms with Gasteiger partial charge in [0.1, 0.15) is 11.5 Å². The Morgan fingerprint density at radius 3 is 2.70 bits per heavy atom. The van der Waals surface area contributed by atoms with E-state index in [1.165, 1.54) is 6.92 Å². The summed E-state index contributed by atoms with van der Waals surface area (Å²) in [6.07, 6.45) is 0. The van der Waals surface area contributed by atoms with E-state index in [2.05, 4.69) is 5.32 Å². The lowest BCUT2D eigenvalue weighted by Gasteiger charge is -2.11. The fraction of sp³-hybridized carbons (Fsp3) is 0.188. The summed E-state index contributed by atoms with van der Waals surface area (Å²) in [5, 5.41) is 3.28. The van der Waals surface area contributed by atoms with Gasteiger partial charge in [0.05, 0.1) is 7.11 Å². The highest BCUT2D eigenvalue weighted by atomic mass is 16.5. The van der Waals surface area contributed by atoms with Crippen LogP contribution in [0.5, 0.6) is 11.5 Å². The zero-order valence-corrected chi connectivity index (χ0v) is 11.6. The summed E-state index contributed by atoms with van der Waals surface area (Å²) in [5.41, 5.74) is 1.95. The molecule has 0 amide bonds. The molecule has 0 atom stereocenters. The van der Waals surface area contributed by atoms with Gasteiger partial charge in [0.15, 0.2) is 0 Å². The third-order valence-electron chi connectivity index (χ3n) is 2.77. The van der Waals surface area contributed by atoms with Crippen molar-refractivity contribution < 1.29 is 14.3 Å². The highest BCUT2D eigenvalue weighted by molar-refractivity contribution is 5.69. The standard InChI is InChI=1S/C16H17NO3/c1-12(18)20-15-8-5-7-14(10-15)17-11-13-6-3-4-9-16(13)19-2/h3-10,17H,11H2,1-2H3. The molecule has 0 unspecified atom stereocenters. The van der Waals surface area contributed by atoms with Gasteiger partial charge in [-0.3, -0.25) is 4.79 Å². The molecule has 0 bridgehead atoms. The lowest BCUT2D eigenvalue weighted by atomic mass is 10.2. The van der Waals surface area contributed by atoms with Crippen LogP contribution in [0.15, 0.2) is 48.5 Å². The molecule has 4 heteroatoms. The average molecular weight is 271 g/mol. The zero-order chi connectivity index (χ0) is 14.4. The quantitative estimate of drug-likeness (QED) is 0.670. The van der Waals surface area contributed by atoms with Crippen LogP contribution in [0.1, 0.15) is 12.5 Å². The van der Waals surface area contributed by atoms with Crippen LogP contribution in [0.3, 0.4) is 0 Å². The van der Waals surface area contributed by atoms with Crippen molar-refractivity contribution in [2.24, 2.45) is 0 Å². The molecular formula is C16H17NO3. The topological polar surface area (TPSA) is 47.6 Å². The fourth-order valence-corrected chi connectivity index (χ4v) is 1.88. The van der Waals surface area contributed by atoms with Gasteiger partial charge in [-0.25, -0.2) is 0 Å². The Kier molecular flexibility index (Phi) is 4.60. The first-order chi connectivity index (χ1) is 9.69. The Morgan fingerprint density at radius 2 is 1.95 bits per heavy atom. The van der Waals surface area contributed by atoms with Crippen LogP contribution in [-0.4, -0.2) is 13.1 Å². The fourth-order valence-electron chi connectivity index (χ4n) is 1.88. The molecule has 0 spiro atoms. The van der Waals surface area contributed by atoms with Gasteiger partial charge in [0.25, 0.3) is 0 Å². The minimum absolute atomic E-state index is 0.327. The van der Waals surface area contributed by atoms with Crippen molar-refractivity contribution in [2.45, 2.75) is 13.5 Å². The van der Waals surface area contributed by atoms with Gasteiger partial charge in [0.2, 0.25) is 0 Å². The van der Waals surface area contributed by atoms with Gasteiger partial charge in [-0.15, -0.1) is 0 Å². The van der Waals surface area contributed by atoms with Crippen LogP contribution >= 0.6 is 0 Å². The number of para-hydroxylation sites is 1. The Hall–Kier alpha value is -2.49. The first-order valence-electron chi connectivity index (χ1n) is 6.33. The van der Waals surface area contributed by atoms with Crippen molar-refractivity contribution in [3.8, 4) is 11.5 Å². The molecule has 0 aliphatic carbocycles. The average Bonchev–Trinajstić information content (AvgIpc) is 2.45. The molecule has 0 aliphatic rings. The van der Waals surface area contributed by atoms with Gasteiger partial charge in [-0.1, -0.05) is 24.3 Å². The highest BCUT2D eigenvalue weighted by Gasteiger charge is 2.03. The van der Waals surface area contributed by atoms with Crippen molar-refractivity contribution in [3.05, 3.63) is 54.1 Å². The van der Waals surface area contributed by atoms with Crippen LogP contribution in [0, 0.1) is 0 Å². The Bertz CT molecular complexity index is 596. The summed E-state index contributed by atoms with van der Waals surface area (Å²) in [5.74, 6) is 1.05. The van der Waals surface area contributed by atoms with Gasteiger partial charge in [-0.05, 0) is 18.2 Å². The molecule has 4 nitrogen and oxygen atoms in total. The maximum atomic E-state index is 10.9. The zero-order valence-electron chi connectivity index (χ0n) is 11.6. The number of anilines is 1. The molecule has 20 heavy (non-hydrogen) atoms. The first kappa shape index (κ1) is 13.9. The summed E-state index contributed by atoms with van der Waals surface area (Å²) in [6, 6.07) is 15.1. The van der Waals surface area contributed by atoms with E-state index in [4.69, 9.17) is 9.47 Å². The second-order valence-corrected chi connectivity index (χ2v) is 4.29. The molecular weight excluding hydrogens is 254 g/mol. The van der Waals surface area contributed by atoms with E-state index >= 15 is 0 Å². The third-order valence-corrected chi connectivity index (χ3v) is 2.77. The monoisotopic (exact) mass is 271 g/mol. The maximum absolute atomic E-state index is 10.9. The van der Waals surface area contributed by atoms with Crippen molar-refractivity contribution in [3.63, 3.8) is 0 Å². The Morgan fingerprint density at radius 1 is 1.15 bits per heavy atom. The highest BCUT2D eigenvalue weighted by Crippen LogP contribution is 2.21. The number of methoxy groups -OCH3 is 1.